The van der Waals surface area contributed by atoms with Gasteiger partial charge in [0.05, 0.1) is 7.11 Å². The molecule has 7 heteroatoms. The minimum Gasteiger partial charge on any atom is -0.493 e. The van der Waals surface area contributed by atoms with Crippen LogP contribution in [0.3, 0.4) is 0 Å². The van der Waals surface area contributed by atoms with Crippen molar-refractivity contribution in [2.45, 2.75) is 38.5 Å². The van der Waals surface area contributed by atoms with E-state index < -0.39 is 6.09 Å². The molecule has 0 spiro atoms. The molecule has 0 heterocycles. The van der Waals surface area contributed by atoms with E-state index in [-0.39, 0.29) is 18.8 Å². The summed E-state index contributed by atoms with van der Waals surface area (Å²) in [4.78, 5) is 11.9. The second-order valence-corrected chi connectivity index (χ2v) is 8.23. The van der Waals surface area contributed by atoms with Crippen molar-refractivity contribution < 1.29 is 23.7 Å². The summed E-state index contributed by atoms with van der Waals surface area (Å²) in [5.74, 6) is 1.78. The lowest BCUT2D eigenvalue weighted by Gasteiger charge is -2.19. The number of carbonyl (C=O) groups excluding carboxylic acids is 1. The molecule has 6 nitrogen and oxygen atoms in total. The molecule has 2 aromatic carbocycles. The van der Waals surface area contributed by atoms with Gasteiger partial charge in [0.25, 0.3) is 0 Å². The SMILES string of the molecule is COCOc1ccc(CSNC(=O)OCc2ccc(C(C)(C)C)cc2)cc1OC. The van der Waals surface area contributed by atoms with Gasteiger partial charge in [-0.3, -0.25) is 4.72 Å². The Bertz CT molecular complexity index is 787. The van der Waals surface area contributed by atoms with Crippen LogP contribution < -0.4 is 14.2 Å². The maximum absolute atomic E-state index is 11.9. The van der Waals surface area contributed by atoms with Crippen molar-refractivity contribution in [2.24, 2.45) is 0 Å². The summed E-state index contributed by atoms with van der Waals surface area (Å²) in [6.07, 6.45) is -0.470. The van der Waals surface area contributed by atoms with Gasteiger partial charge >= 0.3 is 6.09 Å². The van der Waals surface area contributed by atoms with Crippen LogP contribution in [0.5, 0.6) is 11.5 Å². The van der Waals surface area contributed by atoms with Crippen LogP contribution >= 0.6 is 11.9 Å². The van der Waals surface area contributed by atoms with Crippen LogP contribution in [0.4, 0.5) is 4.79 Å². The van der Waals surface area contributed by atoms with E-state index in [1.807, 2.05) is 30.3 Å². The molecule has 29 heavy (non-hydrogen) atoms. The van der Waals surface area contributed by atoms with E-state index in [2.05, 4.69) is 37.6 Å². The van der Waals surface area contributed by atoms with E-state index in [1.54, 1.807) is 14.2 Å². The fourth-order valence-electron chi connectivity index (χ4n) is 2.50. The highest BCUT2D eigenvalue weighted by Gasteiger charge is 2.13. The predicted molar refractivity (Wildman–Crippen MR) is 115 cm³/mol. The number of benzene rings is 2. The van der Waals surface area contributed by atoms with Gasteiger partial charge in [0.1, 0.15) is 6.61 Å². The second-order valence-electron chi connectivity index (χ2n) is 7.45. The maximum Gasteiger partial charge on any atom is 0.417 e. The molecule has 0 atom stereocenters. The molecule has 2 aromatic rings. The van der Waals surface area contributed by atoms with Crippen molar-refractivity contribution in [3.8, 4) is 11.5 Å². The second kappa shape index (κ2) is 11.0. The molecule has 0 bridgehead atoms. The first-order valence-electron chi connectivity index (χ1n) is 9.26. The van der Waals surface area contributed by atoms with E-state index in [9.17, 15) is 4.79 Å². The first-order valence-corrected chi connectivity index (χ1v) is 10.2. The third kappa shape index (κ3) is 7.51. The molecule has 0 aliphatic rings. The Balaban J connectivity index is 1.77. The third-order valence-corrected chi connectivity index (χ3v) is 4.93. The molecule has 0 radical (unpaired) electrons. The van der Waals surface area contributed by atoms with E-state index in [0.29, 0.717) is 17.3 Å². The zero-order valence-electron chi connectivity index (χ0n) is 17.6. The van der Waals surface area contributed by atoms with Gasteiger partial charge in [0, 0.05) is 12.9 Å². The summed E-state index contributed by atoms with van der Waals surface area (Å²) >= 11 is 1.25. The van der Waals surface area contributed by atoms with Gasteiger partial charge in [-0.25, -0.2) is 4.79 Å². The third-order valence-electron chi connectivity index (χ3n) is 4.14. The Hall–Kier alpha value is -2.38. The summed E-state index contributed by atoms with van der Waals surface area (Å²) in [6.45, 7) is 6.88. The number of hydrogen-bond acceptors (Lipinski definition) is 6. The van der Waals surface area contributed by atoms with Crippen LogP contribution in [0.1, 0.15) is 37.5 Å². The van der Waals surface area contributed by atoms with Crippen molar-refractivity contribution in [3.63, 3.8) is 0 Å². The molecule has 2 rings (SSSR count). The maximum atomic E-state index is 11.9. The Morgan fingerprint density at radius 2 is 1.69 bits per heavy atom. The molecule has 1 N–H and O–H groups in total. The molecule has 0 unspecified atom stereocenters. The van der Waals surface area contributed by atoms with E-state index >= 15 is 0 Å². The minimum absolute atomic E-state index is 0.101. The smallest absolute Gasteiger partial charge is 0.417 e. The summed E-state index contributed by atoms with van der Waals surface area (Å²) < 4.78 is 23.6. The highest BCUT2D eigenvalue weighted by atomic mass is 32.2. The fraction of sp³-hybridized carbons (Fsp3) is 0.409. The number of nitrogens with one attached hydrogen (secondary N) is 1. The van der Waals surface area contributed by atoms with Crippen molar-refractivity contribution >= 4 is 18.0 Å². The van der Waals surface area contributed by atoms with Gasteiger partial charge in [-0.05, 0) is 46.2 Å². The van der Waals surface area contributed by atoms with Crippen LogP contribution in [0, 0.1) is 0 Å². The van der Waals surface area contributed by atoms with Gasteiger partial charge in [-0.1, -0.05) is 51.1 Å². The van der Waals surface area contributed by atoms with Crippen LogP contribution in [-0.2, 0) is 27.2 Å². The minimum atomic E-state index is -0.470. The Kier molecular flexibility index (Phi) is 8.67. The van der Waals surface area contributed by atoms with Crippen LogP contribution in [0.15, 0.2) is 42.5 Å². The lowest BCUT2D eigenvalue weighted by molar-refractivity contribution is 0.0491. The Morgan fingerprint density at radius 1 is 1.00 bits per heavy atom. The van der Waals surface area contributed by atoms with Gasteiger partial charge in [-0.2, -0.15) is 0 Å². The number of carbonyl (C=O) groups is 1. The summed E-state index contributed by atoms with van der Waals surface area (Å²) in [7, 11) is 3.14. The monoisotopic (exact) mass is 419 g/mol. The van der Waals surface area contributed by atoms with Crippen molar-refractivity contribution in [2.75, 3.05) is 21.0 Å². The normalized spacial score (nSPS) is 11.1. The number of amides is 1. The Morgan fingerprint density at radius 3 is 2.31 bits per heavy atom. The first-order chi connectivity index (χ1) is 13.8. The predicted octanol–water partition coefficient (Wildman–Crippen LogP) is 5.05. The van der Waals surface area contributed by atoms with Crippen LogP contribution in [-0.4, -0.2) is 27.1 Å². The van der Waals surface area contributed by atoms with Crippen molar-refractivity contribution in [1.82, 2.24) is 4.72 Å². The average Bonchev–Trinajstić information content (AvgIpc) is 2.70. The quantitative estimate of drug-likeness (QED) is 0.453. The molecular formula is C22H29NO5S. The number of rotatable bonds is 9. The molecule has 0 aromatic heterocycles. The van der Waals surface area contributed by atoms with Crippen LogP contribution in [0.2, 0.25) is 0 Å². The van der Waals surface area contributed by atoms with Crippen molar-refractivity contribution in [3.05, 3.63) is 59.2 Å². The van der Waals surface area contributed by atoms with Gasteiger partial charge in [0.15, 0.2) is 18.3 Å². The van der Waals surface area contributed by atoms with Gasteiger partial charge in [-0.15, -0.1) is 0 Å². The molecule has 1 amide bonds. The lowest BCUT2D eigenvalue weighted by atomic mass is 9.87. The molecule has 158 valence electrons. The number of methoxy groups -OCH3 is 2. The first kappa shape index (κ1) is 22.9. The fourth-order valence-corrected chi connectivity index (χ4v) is 3.10. The largest absolute Gasteiger partial charge is 0.493 e. The number of hydrogen-bond donors (Lipinski definition) is 1. The van der Waals surface area contributed by atoms with E-state index in [1.165, 1.54) is 17.5 Å². The summed E-state index contributed by atoms with van der Waals surface area (Å²) in [5.41, 5.74) is 3.28. The zero-order valence-corrected chi connectivity index (χ0v) is 18.4. The molecule has 0 saturated heterocycles. The summed E-state index contributed by atoms with van der Waals surface area (Å²) in [6, 6.07) is 13.7. The lowest BCUT2D eigenvalue weighted by Crippen LogP contribution is -2.17. The number of ether oxygens (including phenoxy) is 4. The summed E-state index contributed by atoms with van der Waals surface area (Å²) in [5, 5.41) is 0. The Labute approximate surface area is 177 Å². The molecule has 0 saturated carbocycles. The molecule has 0 aliphatic carbocycles. The van der Waals surface area contributed by atoms with E-state index in [0.717, 1.165) is 11.1 Å². The van der Waals surface area contributed by atoms with Crippen LogP contribution in [0.25, 0.3) is 0 Å². The topological polar surface area (TPSA) is 66.0 Å². The zero-order chi connectivity index (χ0) is 21.3. The molecule has 0 fully saturated rings. The molecule has 0 aliphatic heterocycles. The average molecular weight is 420 g/mol. The highest BCUT2D eigenvalue weighted by Crippen LogP contribution is 2.29. The van der Waals surface area contributed by atoms with Crippen molar-refractivity contribution in [1.29, 1.82) is 0 Å². The van der Waals surface area contributed by atoms with Gasteiger partial charge < -0.3 is 18.9 Å². The van der Waals surface area contributed by atoms with E-state index in [4.69, 9.17) is 18.9 Å². The molecular weight excluding hydrogens is 390 g/mol. The standard InChI is InChI=1S/C22H29NO5S/c1-22(2,3)18-9-6-16(7-10-18)13-27-21(24)23-29-14-17-8-11-19(28-15-25-4)20(12-17)26-5/h6-12H,13-15H2,1-5H3,(H,23,24). The highest BCUT2D eigenvalue weighted by molar-refractivity contribution is 7.97. The van der Waals surface area contributed by atoms with Gasteiger partial charge in [0.2, 0.25) is 0 Å².